The van der Waals surface area contributed by atoms with Gasteiger partial charge >= 0.3 is 7.82 Å². The van der Waals surface area contributed by atoms with Crippen molar-refractivity contribution in [2.24, 2.45) is 5.73 Å². The first kappa shape index (κ1) is 35.9. The Hall–Kier alpha value is -1.06. The summed E-state index contributed by atoms with van der Waals surface area (Å²) >= 11 is 0. The van der Waals surface area contributed by atoms with Crippen molar-refractivity contribution in [2.75, 3.05) is 19.8 Å². The molecule has 0 saturated heterocycles. The quantitative estimate of drug-likeness (QED) is 0.0614. The van der Waals surface area contributed by atoms with Gasteiger partial charge in [0.15, 0.2) is 0 Å². The zero-order valence-corrected chi connectivity index (χ0v) is 24.0. The van der Waals surface area contributed by atoms with Crippen LogP contribution in [0.2, 0.25) is 0 Å². The van der Waals surface area contributed by atoms with Gasteiger partial charge < -0.3 is 26.2 Å². The van der Waals surface area contributed by atoms with Gasteiger partial charge in [-0.2, -0.15) is 0 Å². The summed E-state index contributed by atoms with van der Waals surface area (Å²) in [7, 11) is -4.37. The van der Waals surface area contributed by atoms with Crippen LogP contribution in [-0.4, -0.2) is 59.0 Å². The van der Waals surface area contributed by atoms with E-state index in [9.17, 15) is 24.5 Å². The molecule has 0 heterocycles. The predicted octanol–water partition coefficient (Wildman–Crippen LogP) is 4.90. The number of aliphatic hydroxyl groups excluding tert-OH is 2. The normalized spacial score (nSPS) is 16.2. The van der Waals surface area contributed by atoms with E-state index in [4.69, 9.17) is 14.8 Å². The third-order valence-electron chi connectivity index (χ3n) is 5.83. The maximum absolute atomic E-state index is 12.5. The maximum atomic E-state index is 12.5. The molecule has 6 N–H and O–H groups in total. The number of carbonyl (C=O) groups is 1. The Balaban J connectivity index is 4.69. The van der Waals surface area contributed by atoms with Gasteiger partial charge in [-0.3, -0.25) is 13.8 Å². The first-order valence-corrected chi connectivity index (χ1v) is 15.5. The van der Waals surface area contributed by atoms with E-state index in [1.54, 1.807) is 6.08 Å². The fraction of sp³-hybridized carbons (Fsp3) is 0.815. The van der Waals surface area contributed by atoms with E-state index in [2.05, 4.69) is 31.3 Å². The van der Waals surface area contributed by atoms with Crippen LogP contribution in [0.15, 0.2) is 24.3 Å². The number of phosphoric ester groups is 1. The summed E-state index contributed by atoms with van der Waals surface area (Å²) < 4.78 is 21.7. The molecule has 10 heteroatoms. The lowest BCUT2D eigenvalue weighted by molar-refractivity contribution is -0.124. The van der Waals surface area contributed by atoms with Crippen LogP contribution in [0.3, 0.4) is 0 Å². The van der Waals surface area contributed by atoms with Crippen LogP contribution in [0, 0.1) is 0 Å². The summed E-state index contributed by atoms with van der Waals surface area (Å²) in [6.07, 6.45) is 18.8. The van der Waals surface area contributed by atoms with Gasteiger partial charge in [0, 0.05) is 6.54 Å². The van der Waals surface area contributed by atoms with Gasteiger partial charge in [-0.05, 0) is 38.5 Å². The summed E-state index contributed by atoms with van der Waals surface area (Å²) in [5.74, 6) is -0.469. The van der Waals surface area contributed by atoms with E-state index in [-0.39, 0.29) is 19.6 Å². The minimum atomic E-state index is -4.37. The molecule has 0 aromatic rings. The number of phosphoric acid groups is 1. The molecule has 4 atom stereocenters. The van der Waals surface area contributed by atoms with Gasteiger partial charge in [-0.25, -0.2) is 4.57 Å². The molecule has 218 valence electrons. The molecule has 0 bridgehead atoms. The molecular weight excluding hydrogens is 495 g/mol. The average molecular weight is 549 g/mol. The molecule has 1 amide bonds. The SMILES string of the molecule is CCCC/C=C\CCCCC(O)CC(=O)NC(COP(=O)(O)OCCN)C(O)/C=C/CCCCCCC. The van der Waals surface area contributed by atoms with Crippen molar-refractivity contribution >= 4 is 13.7 Å². The fourth-order valence-corrected chi connectivity index (χ4v) is 4.38. The highest BCUT2D eigenvalue weighted by Gasteiger charge is 2.27. The molecule has 0 aliphatic rings. The van der Waals surface area contributed by atoms with Crippen molar-refractivity contribution in [3.05, 3.63) is 24.3 Å². The zero-order valence-electron chi connectivity index (χ0n) is 23.1. The van der Waals surface area contributed by atoms with Crippen molar-refractivity contribution in [1.82, 2.24) is 5.32 Å². The Morgan fingerprint density at radius 1 is 0.919 bits per heavy atom. The van der Waals surface area contributed by atoms with Crippen LogP contribution < -0.4 is 11.1 Å². The predicted molar refractivity (Wildman–Crippen MR) is 149 cm³/mol. The number of hydrogen-bond donors (Lipinski definition) is 5. The largest absolute Gasteiger partial charge is 0.472 e. The van der Waals surface area contributed by atoms with Gasteiger partial charge in [0.1, 0.15) is 0 Å². The Morgan fingerprint density at radius 2 is 1.54 bits per heavy atom. The smallest absolute Gasteiger partial charge is 0.393 e. The van der Waals surface area contributed by atoms with Gasteiger partial charge in [0.25, 0.3) is 0 Å². The molecule has 0 aliphatic carbocycles. The number of hydrogen-bond acceptors (Lipinski definition) is 7. The molecule has 0 aromatic heterocycles. The highest BCUT2D eigenvalue weighted by Crippen LogP contribution is 2.43. The van der Waals surface area contributed by atoms with Crippen LogP contribution in [0.1, 0.15) is 104 Å². The lowest BCUT2D eigenvalue weighted by Crippen LogP contribution is -2.46. The van der Waals surface area contributed by atoms with Crippen molar-refractivity contribution < 1.29 is 33.5 Å². The van der Waals surface area contributed by atoms with Crippen molar-refractivity contribution in [1.29, 1.82) is 0 Å². The van der Waals surface area contributed by atoms with Gasteiger partial charge in [0.05, 0.1) is 37.9 Å². The van der Waals surface area contributed by atoms with E-state index in [0.29, 0.717) is 6.42 Å². The third kappa shape index (κ3) is 22.6. The molecule has 0 aromatic carbocycles. The first-order chi connectivity index (χ1) is 17.8. The lowest BCUT2D eigenvalue weighted by Gasteiger charge is -2.24. The number of aliphatic hydroxyl groups is 2. The summed E-state index contributed by atoms with van der Waals surface area (Å²) in [6.45, 7) is 3.77. The molecule has 0 fully saturated rings. The highest BCUT2D eigenvalue weighted by molar-refractivity contribution is 7.47. The van der Waals surface area contributed by atoms with Gasteiger partial charge in [-0.15, -0.1) is 0 Å². The Labute approximate surface area is 224 Å². The summed E-state index contributed by atoms with van der Waals surface area (Å²) in [5.41, 5.74) is 5.29. The minimum Gasteiger partial charge on any atom is -0.393 e. The van der Waals surface area contributed by atoms with E-state index >= 15 is 0 Å². The number of rotatable bonds is 25. The molecular formula is C27H53N2O7P. The van der Waals surface area contributed by atoms with E-state index in [0.717, 1.165) is 44.9 Å². The summed E-state index contributed by atoms with van der Waals surface area (Å²) in [4.78, 5) is 22.3. The summed E-state index contributed by atoms with van der Waals surface area (Å²) in [6, 6.07) is -0.980. The molecule has 4 unspecified atom stereocenters. The number of amides is 1. The number of nitrogens with two attached hydrogens (primary N) is 1. The van der Waals surface area contributed by atoms with Crippen molar-refractivity contribution in [2.45, 2.75) is 122 Å². The second-order valence-corrected chi connectivity index (χ2v) is 10.9. The molecule has 9 nitrogen and oxygen atoms in total. The van der Waals surface area contributed by atoms with Crippen LogP contribution in [-0.2, 0) is 18.4 Å². The van der Waals surface area contributed by atoms with Crippen molar-refractivity contribution in [3.8, 4) is 0 Å². The highest BCUT2D eigenvalue weighted by atomic mass is 31.2. The molecule has 0 saturated carbocycles. The average Bonchev–Trinajstić information content (AvgIpc) is 2.86. The monoisotopic (exact) mass is 548 g/mol. The third-order valence-corrected chi connectivity index (χ3v) is 6.81. The fourth-order valence-electron chi connectivity index (χ4n) is 3.62. The van der Waals surface area contributed by atoms with E-state index in [1.165, 1.54) is 32.1 Å². The second kappa shape index (κ2) is 24.0. The van der Waals surface area contributed by atoms with Gasteiger partial charge in [0.2, 0.25) is 5.91 Å². The Kier molecular flexibility index (Phi) is 23.3. The lowest BCUT2D eigenvalue weighted by atomic mass is 10.1. The summed E-state index contributed by atoms with van der Waals surface area (Å²) in [5, 5.41) is 23.5. The topological polar surface area (TPSA) is 151 Å². The minimum absolute atomic E-state index is 0.0464. The molecule has 0 spiro atoms. The maximum Gasteiger partial charge on any atom is 0.472 e. The molecule has 0 radical (unpaired) electrons. The van der Waals surface area contributed by atoms with Crippen LogP contribution >= 0.6 is 7.82 Å². The van der Waals surface area contributed by atoms with E-state index in [1.807, 2.05) is 6.08 Å². The number of carbonyl (C=O) groups excluding carboxylic acids is 1. The second-order valence-electron chi connectivity index (χ2n) is 9.44. The van der Waals surface area contributed by atoms with E-state index < -0.39 is 38.6 Å². The van der Waals surface area contributed by atoms with Crippen LogP contribution in [0.25, 0.3) is 0 Å². The Morgan fingerprint density at radius 3 is 2.22 bits per heavy atom. The van der Waals surface area contributed by atoms with Gasteiger partial charge in [-0.1, -0.05) is 83.1 Å². The zero-order chi connectivity index (χ0) is 27.8. The van der Waals surface area contributed by atoms with Crippen LogP contribution in [0.4, 0.5) is 0 Å². The molecule has 37 heavy (non-hydrogen) atoms. The first-order valence-electron chi connectivity index (χ1n) is 14.0. The van der Waals surface area contributed by atoms with Crippen molar-refractivity contribution in [3.63, 3.8) is 0 Å². The molecule has 0 rings (SSSR count). The number of nitrogens with one attached hydrogen (secondary N) is 1. The standard InChI is InChI=1S/C27H53N2O7P/c1-3-5-7-9-11-13-14-16-18-24(30)22-27(32)29-25(23-36-37(33,34)35-21-20-28)26(31)19-17-15-12-10-8-6-4-2/h9,11,17,19,24-26,30-31H,3-8,10,12-16,18,20-23,28H2,1-2H3,(H,29,32)(H,33,34)/b11-9-,19-17+. The Bertz CT molecular complexity index is 661. The molecule has 0 aliphatic heterocycles. The number of allylic oxidation sites excluding steroid dienone is 3. The van der Waals surface area contributed by atoms with Crippen LogP contribution in [0.5, 0.6) is 0 Å². The number of unbranched alkanes of at least 4 members (excludes halogenated alkanes) is 9.